The molecule has 0 aromatic heterocycles. The lowest BCUT2D eigenvalue weighted by Crippen LogP contribution is -2.56. The molecule has 2 heterocycles. The van der Waals surface area contributed by atoms with Crippen LogP contribution in [0.5, 0.6) is 0 Å². The first-order valence-electron chi connectivity index (χ1n) is 10.2. The number of nitrogens with zero attached hydrogens (tertiary/aromatic N) is 3. The standard InChI is InChI=1S/C20H39N3/c1-17(2)15-23-14-13-21(16-20(23)8-9-20)10-5-19-6-11-22(12-7-19)18(3)4/h17-19H,5-16H2,1-4H3. The lowest BCUT2D eigenvalue weighted by atomic mass is 9.92. The van der Waals surface area contributed by atoms with E-state index >= 15 is 0 Å². The van der Waals surface area contributed by atoms with Gasteiger partial charge < -0.3 is 9.80 Å². The molecule has 0 aromatic rings. The molecule has 2 saturated heterocycles. The molecule has 134 valence electrons. The van der Waals surface area contributed by atoms with Crippen molar-refractivity contribution < 1.29 is 0 Å². The summed E-state index contributed by atoms with van der Waals surface area (Å²) in [4.78, 5) is 8.26. The fraction of sp³-hybridized carbons (Fsp3) is 1.00. The molecule has 1 aliphatic carbocycles. The Labute approximate surface area is 144 Å². The molecule has 3 fully saturated rings. The molecule has 1 saturated carbocycles. The third-order valence-electron chi connectivity index (χ3n) is 6.52. The van der Waals surface area contributed by atoms with E-state index in [0.29, 0.717) is 5.54 Å². The molecule has 3 nitrogen and oxygen atoms in total. The molecule has 0 atom stereocenters. The molecule has 0 radical (unpaired) electrons. The fourth-order valence-corrected chi connectivity index (χ4v) is 4.75. The summed E-state index contributed by atoms with van der Waals surface area (Å²) >= 11 is 0. The van der Waals surface area contributed by atoms with Gasteiger partial charge in [-0.1, -0.05) is 13.8 Å². The lowest BCUT2D eigenvalue weighted by molar-refractivity contribution is 0.0446. The summed E-state index contributed by atoms with van der Waals surface area (Å²) in [6.45, 7) is 18.7. The second kappa shape index (κ2) is 7.41. The van der Waals surface area contributed by atoms with Crippen LogP contribution in [0, 0.1) is 11.8 Å². The molecule has 0 unspecified atom stereocenters. The average Bonchev–Trinajstić information content (AvgIpc) is 3.28. The minimum atomic E-state index is 0.587. The Morgan fingerprint density at radius 2 is 1.65 bits per heavy atom. The molecule has 3 rings (SSSR count). The Morgan fingerprint density at radius 3 is 2.22 bits per heavy atom. The van der Waals surface area contributed by atoms with E-state index in [9.17, 15) is 0 Å². The highest BCUT2D eigenvalue weighted by Gasteiger charge is 2.50. The molecule has 0 amide bonds. The van der Waals surface area contributed by atoms with Gasteiger partial charge in [-0.25, -0.2) is 0 Å². The Hall–Kier alpha value is -0.120. The third kappa shape index (κ3) is 4.49. The number of hydrogen-bond acceptors (Lipinski definition) is 3. The smallest absolute Gasteiger partial charge is 0.0338 e. The first-order chi connectivity index (χ1) is 11.0. The van der Waals surface area contributed by atoms with Crippen LogP contribution in [0.2, 0.25) is 0 Å². The van der Waals surface area contributed by atoms with Gasteiger partial charge in [0.2, 0.25) is 0 Å². The van der Waals surface area contributed by atoms with Crippen molar-refractivity contribution in [1.82, 2.24) is 14.7 Å². The molecular formula is C20H39N3. The number of likely N-dealkylation sites (tertiary alicyclic amines) is 1. The normalized spacial score (nSPS) is 27.4. The van der Waals surface area contributed by atoms with Crippen LogP contribution in [0.3, 0.4) is 0 Å². The van der Waals surface area contributed by atoms with E-state index in [1.807, 2.05) is 0 Å². The van der Waals surface area contributed by atoms with E-state index in [1.54, 1.807) is 0 Å². The summed E-state index contributed by atoms with van der Waals surface area (Å²) in [6, 6.07) is 0.736. The van der Waals surface area contributed by atoms with Gasteiger partial charge in [-0.3, -0.25) is 4.90 Å². The zero-order valence-corrected chi connectivity index (χ0v) is 16.1. The van der Waals surface area contributed by atoms with Crippen LogP contribution in [-0.2, 0) is 0 Å². The van der Waals surface area contributed by atoms with Crippen molar-refractivity contribution in [3.8, 4) is 0 Å². The summed E-state index contributed by atoms with van der Waals surface area (Å²) in [7, 11) is 0. The number of piperidine rings is 1. The Balaban J connectivity index is 1.39. The van der Waals surface area contributed by atoms with Gasteiger partial charge in [0, 0.05) is 37.8 Å². The van der Waals surface area contributed by atoms with Gasteiger partial charge in [-0.2, -0.15) is 0 Å². The predicted octanol–water partition coefficient (Wildman–Crippen LogP) is 3.30. The van der Waals surface area contributed by atoms with Crippen LogP contribution in [-0.4, -0.2) is 72.1 Å². The largest absolute Gasteiger partial charge is 0.301 e. The molecule has 3 aliphatic rings. The van der Waals surface area contributed by atoms with Crippen molar-refractivity contribution in [2.75, 3.05) is 45.8 Å². The van der Waals surface area contributed by atoms with Crippen LogP contribution in [0.4, 0.5) is 0 Å². The number of hydrogen-bond donors (Lipinski definition) is 0. The van der Waals surface area contributed by atoms with Gasteiger partial charge in [-0.05, 0) is 77.4 Å². The van der Waals surface area contributed by atoms with E-state index in [2.05, 4.69) is 42.4 Å². The molecule has 0 bridgehead atoms. The maximum Gasteiger partial charge on any atom is 0.0338 e. The quantitative estimate of drug-likeness (QED) is 0.743. The minimum absolute atomic E-state index is 0.587. The van der Waals surface area contributed by atoms with E-state index in [1.165, 1.54) is 77.9 Å². The average molecular weight is 322 g/mol. The maximum atomic E-state index is 2.81. The monoisotopic (exact) mass is 321 g/mol. The van der Waals surface area contributed by atoms with Crippen LogP contribution in [0.1, 0.15) is 59.8 Å². The SMILES string of the molecule is CC(C)CN1CCN(CCC2CCN(C(C)C)CC2)CC12CC2. The Kier molecular flexibility index (Phi) is 5.70. The van der Waals surface area contributed by atoms with Gasteiger partial charge in [0.05, 0.1) is 0 Å². The van der Waals surface area contributed by atoms with Crippen molar-refractivity contribution in [2.24, 2.45) is 11.8 Å². The second-order valence-electron chi connectivity index (χ2n) is 9.20. The van der Waals surface area contributed by atoms with Gasteiger partial charge >= 0.3 is 0 Å². The van der Waals surface area contributed by atoms with Crippen LogP contribution in [0.15, 0.2) is 0 Å². The van der Waals surface area contributed by atoms with Crippen molar-refractivity contribution in [2.45, 2.75) is 71.4 Å². The zero-order valence-electron chi connectivity index (χ0n) is 16.1. The van der Waals surface area contributed by atoms with Crippen LogP contribution >= 0.6 is 0 Å². The number of piperazine rings is 1. The predicted molar refractivity (Wildman–Crippen MR) is 98.9 cm³/mol. The fourth-order valence-electron chi connectivity index (χ4n) is 4.75. The molecule has 1 spiro atoms. The van der Waals surface area contributed by atoms with E-state index in [-0.39, 0.29) is 0 Å². The third-order valence-corrected chi connectivity index (χ3v) is 6.52. The van der Waals surface area contributed by atoms with Gasteiger partial charge in [0.1, 0.15) is 0 Å². The number of rotatable bonds is 6. The van der Waals surface area contributed by atoms with Crippen molar-refractivity contribution in [3.05, 3.63) is 0 Å². The highest BCUT2D eigenvalue weighted by Crippen LogP contribution is 2.44. The summed E-state index contributed by atoms with van der Waals surface area (Å²) < 4.78 is 0. The van der Waals surface area contributed by atoms with Gasteiger partial charge in [-0.15, -0.1) is 0 Å². The maximum absolute atomic E-state index is 2.81. The first-order valence-corrected chi connectivity index (χ1v) is 10.2. The minimum Gasteiger partial charge on any atom is -0.301 e. The van der Waals surface area contributed by atoms with Gasteiger partial charge in [0.15, 0.2) is 0 Å². The van der Waals surface area contributed by atoms with Crippen molar-refractivity contribution >= 4 is 0 Å². The van der Waals surface area contributed by atoms with Crippen molar-refractivity contribution in [3.63, 3.8) is 0 Å². The molecule has 23 heavy (non-hydrogen) atoms. The topological polar surface area (TPSA) is 9.72 Å². The van der Waals surface area contributed by atoms with E-state index in [0.717, 1.165) is 17.9 Å². The van der Waals surface area contributed by atoms with Gasteiger partial charge in [0.25, 0.3) is 0 Å². The molecular weight excluding hydrogens is 282 g/mol. The summed E-state index contributed by atoms with van der Waals surface area (Å²) in [5.41, 5.74) is 0.587. The Morgan fingerprint density at radius 1 is 0.957 bits per heavy atom. The molecule has 0 aromatic carbocycles. The Bertz CT molecular complexity index is 367. The first kappa shape index (κ1) is 17.7. The summed E-state index contributed by atoms with van der Waals surface area (Å²) in [5.74, 6) is 1.79. The van der Waals surface area contributed by atoms with Crippen LogP contribution < -0.4 is 0 Å². The summed E-state index contributed by atoms with van der Waals surface area (Å²) in [5, 5.41) is 0. The highest BCUT2D eigenvalue weighted by atomic mass is 15.3. The second-order valence-corrected chi connectivity index (χ2v) is 9.20. The van der Waals surface area contributed by atoms with E-state index in [4.69, 9.17) is 0 Å². The highest BCUT2D eigenvalue weighted by molar-refractivity contribution is 5.08. The van der Waals surface area contributed by atoms with E-state index < -0.39 is 0 Å². The zero-order chi connectivity index (χ0) is 16.4. The van der Waals surface area contributed by atoms with Crippen molar-refractivity contribution in [1.29, 1.82) is 0 Å². The molecule has 3 heteroatoms. The molecule has 0 N–H and O–H groups in total. The summed E-state index contributed by atoms with van der Waals surface area (Å²) in [6.07, 6.45) is 7.19. The lowest BCUT2D eigenvalue weighted by Gasteiger charge is -2.43. The van der Waals surface area contributed by atoms with Crippen LogP contribution in [0.25, 0.3) is 0 Å². The molecule has 2 aliphatic heterocycles.